The molecule has 3 nitrogen and oxygen atoms in total. The Hall–Kier alpha value is -1.27. The molecule has 70 valence electrons. The van der Waals surface area contributed by atoms with Gasteiger partial charge in [0.05, 0.1) is 24.0 Å². The van der Waals surface area contributed by atoms with Gasteiger partial charge in [0.1, 0.15) is 6.10 Å². The van der Waals surface area contributed by atoms with Crippen molar-refractivity contribution in [3.8, 4) is 6.07 Å². The van der Waals surface area contributed by atoms with Gasteiger partial charge in [-0.05, 0) is 19.4 Å². The minimum atomic E-state index is -0.777. The Morgan fingerprint density at radius 1 is 1.77 bits per heavy atom. The molecule has 3 heteroatoms. The fraction of sp³-hybridized carbons (Fsp3) is 0.500. The van der Waals surface area contributed by atoms with Crippen LogP contribution in [-0.2, 0) is 0 Å². The molecule has 0 saturated heterocycles. The zero-order valence-electron chi connectivity index (χ0n) is 7.82. The Morgan fingerprint density at radius 3 is 2.85 bits per heavy atom. The van der Waals surface area contributed by atoms with E-state index < -0.39 is 11.5 Å². The second-order valence-electron chi connectivity index (χ2n) is 3.34. The van der Waals surface area contributed by atoms with Gasteiger partial charge in [0, 0.05) is 5.56 Å². The molecule has 2 atom stereocenters. The van der Waals surface area contributed by atoms with Gasteiger partial charge in [0.25, 0.3) is 0 Å². The fourth-order valence-electron chi connectivity index (χ4n) is 1.13. The van der Waals surface area contributed by atoms with Gasteiger partial charge >= 0.3 is 0 Å². The van der Waals surface area contributed by atoms with Crippen molar-refractivity contribution in [2.75, 3.05) is 0 Å². The Kier molecular flexibility index (Phi) is 2.74. The maximum absolute atomic E-state index is 9.85. The monoisotopic (exact) mass is 179 g/mol. The average Bonchev–Trinajstić information content (AvgIpc) is 2.68. The molecule has 0 amide bonds. The minimum Gasteiger partial charge on any atom is -0.472 e. The van der Waals surface area contributed by atoms with Gasteiger partial charge in [0.2, 0.25) is 0 Å². The van der Waals surface area contributed by atoms with Gasteiger partial charge in [-0.1, -0.05) is 6.92 Å². The summed E-state index contributed by atoms with van der Waals surface area (Å²) in [6.07, 6.45) is 2.79. The van der Waals surface area contributed by atoms with Gasteiger partial charge < -0.3 is 9.52 Å². The number of furan rings is 1. The van der Waals surface area contributed by atoms with E-state index in [9.17, 15) is 5.11 Å². The summed E-state index contributed by atoms with van der Waals surface area (Å²) in [5, 5.41) is 18.8. The molecule has 0 radical (unpaired) electrons. The van der Waals surface area contributed by atoms with Gasteiger partial charge in [-0.25, -0.2) is 0 Å². The molecule has 2 unspecified atom stereocenters. The number of hydrogen-bond donors (Lipinski definition) is 1. The lowest BCUT2D eigenvalue weighted by Crippen LogP contribution is -2.22. The molecular formula is C10H13NO2. The lowest BCUT2D eigenvalue weighted by molar-refractivity contribution is 0.0717. The van der Waals surface area contributed by atoms with Crippen LogP contribution in [0.2, 0.25) is 0 Å². The van der Waals surface area contributed by atoms with E-state index in [1.807, 2.05) is 6.92 Å². The quantitative estimate of drug-likeness (QED) is 0.774. The van der Waals surface area contributed by atoms with Crippen LogP contribution in [0, 0.1) is 16.7 Å². The molecule has 0 bridgehead atoms. The highest BCUT2D eigenvalue weighted by molar-refractivity contribution is 5.16. The van der Waals surface area contributed by atoms with Crippen LogP contribution in [0.5, 0.6) is 0 Å². The molecule has 1 rings (SSSR count). The maximum atomic E-state index is 9.85. The van der Waals surface area contributed by atoms with Crippen LogP contribution in [-0.4, -0.2) is 5.11 Å². The number of rotatable bonds is 3. The Bertz CT molecular complexity index is 299. The normalized spacial score (nSPS) is 17.4. The second-order valence-corrected chi connectivity index (χ2v) is 3.34. The van der Waals surface area contributed by atoms with Crippen LogP contribution >= 0.6 is 0 Å². The Labute approximate surface area is 77.6 Å². The van der Waals surface area contributed by atoms with Crippen molar-refractivity contribution in [1.29, 1.82) is 5.26 Å². The minimum absolute atomic E-state index is 0.607. The topological polar surface area (TPSA) is 57.2 Å². The predicted octanol–water partition coefficient (Wildman–Crippen LogP) is 2.25. The van der Waals surface area contributed by atoms with Crippen LogP contribution in [0.15, 0.2) is 23.0 Å². The lowest BCUT2D eigenvalue weighted by atomic mass is 9.81. The van der Waals surface area contributed by atoms with Gasteiger partial charge in [-0.2, -0.15) is 5.26 Å². The first-order chi connectivity index (χ1) is 6.14. The summed E-state index contributed by atoms with van der Waals surface area (Å²) in [5.41, 5.74) is -0.0740. The number of hydrogen-bond acceptors (Lipinski definition) is 3. The Morgan fingerprint density at radius 2 is 2.46 bits per heavy atom. The first-order valence-corrected chi connectivity index (χ1v) is 4.25. The molecule has 0 aromatic carbocycles. The van der Waals surface area contributed by atoms with Crippen molar-refractivity contribution >= 4 is 0 Å². The molecule has 13 heavy (non-hydrogen) atoms. The van der Waals surface area contributed by atoms with E-state index >= 15 is 0 Å². The van der Waals surface area contributed by atoms with Crippen molar-refractivity contribution in [1.82, 2.24) is 0 Å². The highest BCUT2D eigenvalue weighted by atomic mass is 16.3. The molecule has 0 spiro atoms. The first-order valence-electron chi connectivity index (χ1n) is 4.25. The second kappa shape index (κ2) is 3.63. The molecule has 0 aliphatic heterocycles. The molecular weight excluding hydrogens is 166 g/mol. The van der Waals surface area contributed by atoms with Crippen LogP contribution in [0.25, 0.3) is 0 Å². The maximum Gasteiger partial charge on any atom is 0.100 e. The molecule has 1 aromatic rings. The first kappa shape index (κ1) is 9.82. The van der Waals surface area contributed by atoms with Crippen LogP contribution in [0.1, 0.15) is 31.9 Å². The average molecular weight is 179 g/mol. The van der Waals surface area contributed by atoms with Crippen LogP contribution in [0.3, 0.4) is 0 Å². The van der Waals surface area contributed by atoms with Crippen LogP contribution < -0.4 is 0 Å². The van der Waals surface area contributed by atoms with Crippen molar-refractivity contribution in [2.24, 2.45) is 5.41 Å². The van der Waals surface area contributed by atoms with Crippen molar-refractivity contribution in [2.45, 2.75) is 26.4 Å². The van der Waals surface area contributed by atoms with Gasteiger partial charge in [-0.3, -0.25) is 0 Å². The summed E-state index contributed by atoms with van der Waals surface area (Å²) in [4.78, 5) is 0. The highest BCUT2D eigenvalue weighted by Crippen LogP contribution is 2.35. The van der Waals surface area contributed by atoms with E-state index in [0.717, 1.165) is 0 Å². The number of aliphatic hydroxyl groups is 1. The number of aliphatic hydroxyl groups excluding tert-OH is 1. The van der Waals surface area contributed by atoms with E-state index in [-0.39, 0.29) is 0 Å². The summed E-state index contributed by atoms with van der Waals surface area (Å²) in [7, 11) is 0. The molecule has 1 N–H and O–H groups in total. The molecule has 0 fully saturated rings. The number of nitriles is 1. The zero-order chi connectivity index (χ0) is 9.90. The Balaban J connectivity index is 2.90. The zero-order valence-corrected chi connectivity index (χ0v) is 7.82. The van der Waals surface area contributed by atoms with E-state index in [1.54, 1.807) is 13.0 Å². The lowest BCUT2D eigenvalue weighted by Gasteiger charge is -2.24. The summed E-state index contributed by atoms with van der Waals surface area (Å²) in [6, 6.07) is 3.80. The molecule has 1 aromatic heterocycles. The third kappa shape index (κ3) is 1.73. The smallest absolute Gasteiger partial charge is 0.100 e. The van der Waals surface area contributed by atoms with Crippen molar-refractivity contribution in [3.63, 3.8) is 0 Å². The molecule has 1 heterocycles. The van der Waals surface area contributed by atoms with Crippen molar-refractivity contribution in [3.05, 3.63) is 24.2 Å². The van der Waals surface area contributed by atoms with E-state index in [2.05, 4.69) is 6.07 Å². The molecule has 0 aliphatic carbocycles. The largest absolute Gasteiger partial charge is 0.472 e. The van der Waals surface area contributed by atoms with E-state index in [4.69, 9.17) is 9.68 Å². The summed E-state index contributed by atoms with van der Waals surface area (Å²) in [6.45, 7) is 3.62. The summed E-state index contributed by atoms with van der Waals surface area (Å²) in [5.74, 6) is 0. The van der Waals surface area contributed by atoms with Crippen molar-refractivity contribution < 1.29 is 9.52 Å². The van der Waals surface area contributed by atoms with E-state index in [1.165, 1.54) is 12.5 Å². The molecule has 0 saturated carbocycles. The third-order valence-corrected chi connectivity index (χ3v) is 2.45. The van der Waals surface area contributed by atoms with Gasteiger partial charge in [-0.15, -0.1) is 0 Å². The summed E-state index contributed by atoms with van der Waals surface area (Å²) < 4.78 is 4.85. The fourth-order valence-corrected chi connectivity index (χ4v) is 1.13. The van der Waals surface area contributed by atoms with E-state index in [0.29, 0.717) is 12.0 Å². The number of nitrogens with zero attached hydrogens (tertiary/aromatic N) is 1. The predicted molar refractivity (Wildman–Crippen MR) is 47.7 cm³/mol. The van der Waals surface area contributed by atoms with Gasteiger partial charge in [0.15, 0.2) is 0 Å². The van der Waals surface area contributed by atoms with Crippen LogP contribution in [0.4, 0.5) is 0 Å². The molecule has 0 aliphatic rings. The standard InChI is InChI=1S/C10H13NO2/c1-3-10(2,7-11)9(12)8-4-5-13-6-8/h4-6,9,12H,3H2,1-2H3. The highest BCUT2D eigenvalue weighted by Gasteiger charge is 2.32. The summed E-state index contributed by atoms with van der Waals surface area (Å²) >= 11 is 0. The SMILES string of the molecule is CCC(C)(C#N)C(O)c1ccoc1. The third-order valence-electron chi connectivity index (χ3n) is 2.45.